The highest BCUT2D eigenvalue weighted by molar-refractivity contribution is 5.90. The number of hydrogen-bond donors (Lipinski definition) is 3. The molecule has 0 bridgehead atoms. The molecule has 5 nitrogen and oxygen atoms in total. The summed E-state index contributed by atoms with van der Waals surface area (Å²) in [5.41, 5.74) is 4.51. The molecule has 0 atom stereocenters. The summed E-state index contributed by atoms with van der Waals surface area (Å²) in [6, 6.07) is 15.6. The van der Waals surface area contributed by atoms with Gasteiger partial charge in [-0.05, 0) is 49.2 Å². The van der Waals surface area contributed by atoms with Gasteiger partial charge in [-0.2, -0.15) is 0 Å². The van der Waals surface area contributed by atoms with E-state index in [1.807, 2.05) is 62.4 Å². The van der Waals surface area contributed by atoms with Gasteiger partial charge in [-0.3, -0.25) is 10.0 Å². The lowest BCUT2D eigenvalue weighted by molar-refractivity contribution is -0.124. The van der Waals surface area contributed by atoms with Crippen molar-refractivity contribution in [1.29, 1.82) is 0 Å². The predicted octanol–water partition coefficient (Wildman–Crippen LogP) is 3.60. The van der Waals surface area contributed by atoms with E-state index in [9.17, 15) is 4.79 Å². The topological polar surface area (TPSA) is 70.6 Å². The van der Waals surface area contributed by atoms with Crippen LogP contribution in [0.5, 0.6) is 5.75 Å². The van der Waals surface area contributed by atoms with Crippen molar-refractivity contribution in [3.8, 4) is 5.75 Å². The molecular weight excluding hydrogens is 304 g/mol. The number of carbonyl (C=O) groups excluding carboxylic acids is 1. The molecule has 5 heteroatoms. The average molecular weight is 326 g/mol. The first-order chi connectivity index (χ1) is 11.6. The van der Waals surface area contributed by atoms with E-state index < -0.39 is 5.91 Å². The molecule has 0 aliphatic heterocycles. The Morgan fingerprint density at radius 1 is 1.21 bits per heavy atom. The van der Waals surface area contributed by atoms with Gasteiger partial charge in [0.25, 0.3) is 5.91 Å². The highest BCUT2D eigenvalue weighted by atomic mass is 16.5. The number of amides is 1. The molecular formula is C19H22N2O3. The number of hydroxylamine groups is 1. The van der Waals surface area contributed by atoms with Crippen LogP contribution in [0, 0.1) is 0 Å². The second-order valence-corrected chi connectivity index (χ2v) is 5.60. The van der Waals surface area contributed by atoms with Crippen molar-refractivity contribution in [2.45, 2.75) is 26.5 Å². The van der Waals surface area contributed by atoms with E-state index in [0.29, 0.717) is 6.54 Å². The van der Waals surface area contributed by atoms with Crippen molar-refractivity contribution < 1.29 is 14.7 Å². The lowest BCUT2D eigenvalue weighted by atomic mass is 10.1. The van der Waals surface area contributed by atoms with Crippen molar-refractivity contribution in [3.63, 3.8) is 0 Å². The number of hydrogen-bond acceptors (Lipinski definition) is 4. The van der Waals surface area contributed by atoms with Crippen LogP contribution >= 0.6 is 0 Å². The quantitative estimate of drug-likeness (QED) is 0.413. The molecule has 0 aliphatic rings. The Hall–Kier alpha value is -2.79. The fourth-order valence-electron chi connectivity index (χ4n) is 2.17. The molecule has 2 rings (SSSR count). The monoisotopic (exact) mass is 326 g/mol. The second kappa shape index (κ2) is 8.74. The van der Waals surface area contributed by atoms with Crippen LogP contribution < -0.4 is 15.5 Å². The SMILES string of the molecule is CC(C)Oc1cccc(NCc2cccc(/C=C/C(=O)NO)c2)c1. The fraction of sp³-hybridized carbons (Fsp3) is 0.211. The van der Waals surface area contributed by atoms with E-state index in [-0.39, 0.29) is 6.10 Å². The lowest BCUT2D eigenvalue weighted by Crippen LogP contribution is -2.14. The van der Waals surface area contributed by atoms with E-state index in [1.165, 1.54) is 6.08 Å². The standard InChI is InChI=1S/C19H22N2O3/c1-14(2)24-18-8-4-7-17(12-18)20-13-16-6-3-5-15(11-16)9-10-19(22)21-23/h3-12,14,20,23H,13H2,1-2H3,(H,21,22)/b10-9+. The molecule has 0 heterocycles. The van der Waals surface area contributed by atoms with Crippen LogP contribution in [-0.4, -0.2) is 17.2 Å². The molecule has 0 unspecified atom stereocenters. The summed E-state index contributed by atoms with van der Waals surface area (Å²) < 4.78 is 5.68. The van der Waals surface area contributed by atoms with E-state index in [1.54, 1.807) is 11.6 Å². The van der Waals surface area contributed by atoms with Crippen molar-refractivity contribution in [2.75, 3.05) is 5.32 Å². The highest BCUT2D eigenvalue weighted by Gasteiger charge is 2.00. The van der Waals surface area contributed by atoms with Crippen LogP contribution in [-0.2, 0) is 11.3 Å². The van der Waals surface area contributed by atoms with Crippen LogP contribution in [0.3, 0.4) is 0 Å². The molecule has 3 N–H and O–H groups in total. The maximum atomic E-state index is 11.0. The lowest BCUT2D eigenvalue weighted by Gasteiger charge is -2.12. The third-order valence-electron chi connectivity index (χ3n) is 3.19. The molecule has 0 saturated carbocycles. The summed E-state index contributed by atoms with van der Waals surface area (Å²) in [5, 5.41) is 11.8. The number of anilines is 1. The first-order valence-corrected chi connectivity index (χ1v) is 7.78. The molecule has 2 aromatic carbocycles. The van der Waals surface area contributed by atoms with Crippen LogP contribution in [0.15, 0.2) is 54.6 Å². The Morgan fingerprint density at radius 3 is 2.75 bits per heavy atom. The van der Waals surface area contributed by atoms with Crippen molar-refractivity contribution in [2.24, 2.45) is 0 Å². The predicted molar refractivity (Wildman–Crippen MR) is 94.9 cm³/mol. The summed E-state index contributed by atoms with van der Waals surface area (Å²) in [6.45, 7) is 4.64. The molecule has 0 aliphatic carbocycles. The van der Waals surface area contributed by atoms with Gasteiger partial charge in [0.05, 0.1) is 6.10 Å². The number of benzene rings is 2. The molecule has 0 aromatic heterocycles. The molecule has 1 amide bonds. The molecule has 0 radical (unpaired) electrons. The van der Waals surface area contributed by atoms with Crippen LogP contribution in [0.2, 0.25) is 0 Å². The van der Waals surface area contributed by atoms with Crippen LogP contribution in [0.25, 0.3) is 6.08 Å². The van der Waals surface area contributed by atoms with Gasteiger partial charge < -0.3 is 10.1 Å². The van der Waals surface area contributed by atoms with Crippen molar-refractivity contribution in [3.05, 3.63) is 65.7 Å². The van der Waals surface area contributed by atoms with Crippen LogP contribution in [0.4, 0.5) is 5.69 Å². The van der Waals surface area contributed by atoms with Gasteiger partial charge in [0.1, 0.15) is 5.75 Å². The molecule has 0 spiro atoms. The summed E-state index contributed by atoms with van der Waals surface area (Å²) in [6.07, 6.45) is 3.06. The Kier molecular flexibility index (Phi) is 6.40. The van der Waals surface area contributed by atoms with E-state index >= 15 is 0 Å². The third-order valence-corrected chi connectivity index (χ3v) is 3.19. The second-order valence-electron chi connectivity index (χ2n) is 5.60. The first kappa shape index (κ1) is 17.6. The number of carbonyl (C=O) groups is 1. The van der Waals surface area contributed by atoms with E-state index in [2.05, 4.69) is 5.32 Å². The zero-order valence-corrected chi connectivity index (χ0v) is 13.8. The molecule has 0 saturated heterocycles. The summed E-state index contributed by atoms with van der Waals surface area (Å²) >= 11 is 0. The third kappa shape index (κ3) is 5.78. The molecule has 0 fully saturated rings. The molecule has 2 aromatic rings. The minimum atomic E-state index is -0.555. The number of nitrogens with one attached hydrogen (secondary N) is 2. The minimum Gasteiger partial charge on any atom is -0.491 e. The zero-order chi connectivity index (χ0) is 17.4. The zero-order valence-electron chi connectivity index (χ0n) is 13.8. The van der Waals surface area contributed by atoms with Gasteiger partial charge >= 0.3 is 0 Å². The number of ether oxygens (including phenoxy) is 1. The van der Waals surface area contributed by atoms with Gasteiger partial charge in [-0.1, -0.05) is 24.3 Å². The van der Waals surface area contributed by atoms with E-state index in [4.69, 9.17) is 9.94 Å². The van der Waals surface area contributed by atoms with Gasteiger partial charge in [-0.15, -0.1) is 0 Å². The van der Waals surface area contributed by atoms with E-state index in [0.717, 1.165) is 22.6 Å². The first-order valence-electron chi connectivity index (χ1n) is 7.78. The minimum absolute atomic E-state index is 0.139. The van der Waals surface area contributed by atoms with Gasteiger partial charge in [0, 0.05) is 24.4 Å². The Bertz CT molecular complexity index is 711. The van der Waals surface area contributed by atoms with Crippen molar-refractivity contribution in [1.82, 2.24) is 5.48 Å². The Balaban J connectivity index is 1.99. The normalized spacial score (nSPS) is 10.8. The Morgan fingerprint density at radius 2 is 2.00 bits per heavy atom. The summed E-state index contributed by atoms with van der Waals surface area (Å²) in [5.74, 6) is 0.280. The fourth-order valence-corrected chi connectivity index (χ4v) is 2.17. The van der Waals surface area contributed by atoms with Crippen LogP contribution in [0.1, 0.15) is 25.0 Å². The summed E-state index contributed by atoms with van der Waals surface area (Å²) in [7, 11) is 0. The van der Waals surface area contributed by atoms with Gasteiger partial charge in [0.2, 0.25) is 0 Å². The molecule has 24 heavy (non-hydrogen) atoms. The maximum Gasteiger partial charge on any atom is 0.267 e. The largest absolute Gasteiger partial charge is 0.491 e. The van der Waals surface area contributed by atoms with Gasteiger partial charge in [0.15, 0.2) is 0 Å². The summed E-state index contributed by atoms with van der Waals surface area (Å²) in [4.78, 5) is 11.0. The number of rotatable bonds is 7. The maximum absolute atomic E-state index is 11.0. The molecule has 126 valence electrons. The smallest absolute Gasteiger partial charge is 0.267 e. The highest BCUT2D eigenvalue weighted by Crippen LogP contribution is 2.19. The Labute approximate surface area is 141 Å². The van der Waals surface area contributed by atoms with Gasteiger partial charge in [-0.25, -0.2) is 5.48 Å². The average Bonchev–Trinajstić information content (AvgIpc) is 2.58. The van der Waals surface area contributed by atoms with Crippen molar-refractivity contribution >= 4 is 17.7 Å².